The van der Waals surface area contributed by atoms with Gasteiger partial charge in [0, 0.05) is 24.7 Å². The maximum Gasteiger partial charge on any atom is 0.414 e. The van der Waals surface area contributed by atoms with Crippen molar-refractivity contribution in [3.8, 4) is 16.3 Å². The van der Waals surface area contributed by atoms with Crippen molar-refractivity contribution in [1.29, 1.82) is 0 Å². The van der Waals surface area contributed by atoms with Crippen molar-refractivity contribution in [3.05, 3.63) is 57.8 Å². The Morgan fingerprint density at radius 2 is 2.05 bits per heavy atom. The largest absolute Gasteiger partial charge is 0.414 e. The molecule has 4 aromatic rings. The van der Waals surface area contributed by atoms with Gasteiger partial charge in [-0.05, 0) is 51.0 Å². The zero-order valence-electron chi connectivity index (χ0n) is 21.1. The lowest BCUT2D eigenvalue weighted by molar-refractivity contribution is 0.0706. The maximum atomic E-state index is 14.0. The molecule has 10 heteroatoms. The van der Waals surface area contributed by atoms with E-state index in [9.17, 15) is 9.59 Å². The lowest BCUT2D eigenvalue weighted by Crippen LogP contribution is -2.46. The van der Waals surface area contributed by atoms with E-state index in [0.29, 0.717) is 42.2 Å². The number of amides is 2. The Labute approximate surface area is 223 Å². The highest BCUT2D eigenvalue weighted by Gasteiger charge is 2.47. The van der Waals surface area contributed by atoms with Crippen LogP contribution in [-0.4, -0.2) is 50.4 Å². The van der Waals surface area contributed by atoms with E-state index in [-0.39, 0.29) is 11.9 Å². The van der Waals surface area contributed by atoms with Gasteiger partial charge in [-0.3, -0.25) is 9.20 Å². The molecular weight excluding hydrogens is 506 g/mol. The van der Waals surface area contributed by atoms with Gasteiger partial charge in [-0.1, -0.05) is 36.2 Å². The number of hydrogen-bond donors (Lipinski definition) is 1. The number of carbonyl (C=O) groups excluding carboxylic acids is 2. The Balaban J connectivity index is 1.22. The minimum Gasteiger partial charge on any atom is -0.391 e. The van der Waals surface area contributed by atoms with Crippen LogP contribution in [0.5, 0.6) is 5.88 Å². The number of rotatable bonds is 5. The van der Waals surface area contributed by atoms with E-state index in [2.05, 4.69) is 34.3 Å². The van der Waals surface area contributed by atoms with Gasteiger partial charge < -0.3 is 15.0 Å². The van der Waals surface area contributed by atoms with Gasteiger partial charge in [-0.25, -0.2) is 14.8 Å². The number of ether oxygens (including phenoxy) is 1. The van der Waals surface area contributed by atoms with E-state index in [1.165, 1.54) is 11.3 Å². The molecule has 0 bridgehead atoms. The summed E-state index contributed by atoms with van der Waals surface area (Å²) in [6.07, 6.45) is 4.64. The molecule has 4 heterocycles. The molecule has 192 valence electrons. The van der Waals surface area contributed by atoms with Crippen LogP contribution in [0.15, 0.2) is 35.8 Å². The predicted octanol–water partition coefficient (Wildman–Crippen LogP) is 5.47. The number of carbonyl (C=O) groups is 2. The number of thiazole rings is 2. The molecule has 3 atom stereocenters. The fourth-order valence-corrected chi connectivity index (χ4v) is 7.57. The highest BCUT2D eigenvalue weighted by atomic mass is 32.1. The van der Waals surface area contributed by atoms with Crippen molar-refractivity contribution < 1.29 is 14.3 Å². The summed E-state index contributed by atoms with van der Waals surface area (Å²) >= 11 is 3.04. The van der Waals surface area contributed by atoms with E-state index in [4.69, 9.17) is 4.74 Å². The van der Waals surface area contributed by atoms with E-state index in [1.54, 1.807) is 15.7 Å². The van der Waals surface area contributed by atoms with Gasteiger partial charge in [0.2, 0.25) is 5.88 Å². The number of aromatic nitrogens is 3. The Kier molecular flexibility index (Phi) is 6.24. The maximum absolute atomic E-state index is 14.0. The quantitative estimate of drug-likeness (QED) is 0.366. The van der Waals surface area contributed by atoms with Gasteiger partial charge in [-0.15, -0.1) is 22.7 Å². The minimum atomic E-state index is -0.533. The highest BCUT2D eigenvalue weighted by Crippen LogP contribution is 2.43. The van der Waals surface area contributed by atoms with Gasteiger partial charge >= 0.3 is 6.09 Å². The van der Waals surface area contributed by atoms with Crippen LogP contribution in [0.4, 0.5) is 4.79 Å². The number of nitrogens with one attached hydrogen (secondary N) is 1. The molecule has 2 amide bonds. The van der Waals surface area contributed by atoms with Crippen molar-refractivity contribution in [1.82, 2.24) is 24.6 Å². The Morgan fingerprint density at radius 3 is 2.89 bits per heavy atom. The molecule has 8 nitrogen and oxygen atoms in total. The van der Waals surface area contributed by atoms with Crippen LogP contribution in [0, 0.1) is 32.6 Å². The standard InChI is InChI=1S/C27H29N5O3S2/c1-15-6-4-7-18(12-15)23-22(30-17(3)37-23)24(33)32-14-19-8-5-9-20(19)21(32)13-28-27(34)35-25-16(2)29-26-31(25)10-11-36-26/h4,6-7,10-12,19-21H,5,8-9,13-14H2,1-3H3,(H,28,34)/t19-,20-,21+/m0/s1. The molecule has 2 fully saturated rings. The van der Waals surface area contributed by atoms with Crippen LogP contribution in [0.2, 0.25) is 0 Å². The number of hydrogen-bond acceptors (Lipinski definition) is 7. The first-order valence-corrected chi connectivity index (χ1v) is 14.3. The van der Waals surface area contributed by atoms with Gasteiger partial charge in [0.05, 0.1) is 15.9 Å². The molecule has 2 aliphatic rings. The van der Waals surface area contributed by atoms with Crippen molar-refractivity contribution in [2.75, 3.05) is 13.1 Å². The smallest absolute Gasteiger partial charge is 0.391 e. The zero-order valence-corrected chi connectivity index (χ0v) is 22.7. The summed E-state index contributed by atoms with van der Waals surface area (Å²) in [7, 11) is 0. The lowest BCUT2D eigenvalue weighted by atomic mass is 9.94. The molecule has 1 aromatic carbocycles. The van der Waals surface area contributed by atoms with Crippen LogP contribution < -0.4 is 10.1 Å². The summed E-state index contributed by atoms with van der Waals surface area (Å²) in [5.74, 6) is 1.19. The average molecular weight is 536 g/mol. The molecule has 0 radical (unpaired) electrons. The van der Waals surface area contributed by atoms with E-state index >= 15 is 0 Å². The molecule has 0 unspecified atom stereocenters. The molecule has 6 rings (SSSR count). The summed E-state index contributed by atoms with van der Waals surface area (Å²) in [5.41, 5.74) is 3.34. The molecule has 37 heavy (non-hydrogen) atoms. The average Bonchev–Trinajstić information content (AvgIpc) is 3.67. The third-order valence-electron chi connectivity index (χ3n) is 7.55. The van der Waals surface area contributed by atoms with Gasteiger partial charge in [0.25, 0.3) is 5.91 Å². The monoisotopic (exact) mass is 535 g/mol. The van der Waals surface area contributed by atoms with Crippen LogP contribution in [0.1, 0.15) is 46.0 Å². The SMILES string of the molecule is Cc1cccc(-c2sc(C)nc2C(=O)N2C[C@@H]3CCC[C@@H]3[C@H]2CNC(=O)Oc2c(C)nc3sccn23)c1. The summed E-state index contributed by atoms with van der Waals surface area (Å²) < 4.78 is 7.42. The fraction of sp³-hybridized carbons (Fsp3) is 0.407. The molecule has 0 spiro atoms. The summed E-state index contributed by atoms with van der Waals surface area (Å²) in [5, 5.41) is 5.72. The van der Waals surface area contributed by atoms with Gasteiger partial charge in [0.15, 0.2) is 4.96 Å². The fourth-order valence-electron chi connectivity index (χ4n) is 5.91. The van der Waals surface area contributed by atoms with Gasteiger partial charge in [0.1, 0.15) is 11.4 Å². The van der Waals surface area contributed by atoms with Crippen LogP contribution in [0.25, 0.3) is 15.4 Å². The number of fused-ring (bicyclic) bond motifs is 2. The summed E-state index contributed by atoms with van der Waals surface area (Å²) in [4.78, 5) is 39.5. The van der Waals surface area contributed by atoms with Gasteiger partial charge in [-0.2, -0.15) is 0 Å². The second-order valence-corrected chi connectivity index (χ2v) is 12.1. The summed E-state index contributed by atoms with van der Waals surface area (Å²) in [6.45, 7) is 6.86. The van der Waals surface area contributed by atoms with Crippen LogP contribution >= 0.6 is 22.7 Å². The lowest BCUT2D eigenvalue weighted by Gasteiger charge is -2.28. The van der Waals surface area contributed by atoms with E-state index in [0.717, 1.165) is 45.2 Å². The van der Waals surface area contributed by atoms with Crippen molar-refractivity contribution >= 4 is 39.6 Å². The molecule has 1 saturated carbocycles. The van der Waals surface area contributed by atoms with Crippen LogP contribution in [-0.2, 0) is 0 Å². The molecule has 1 saturated heterocycles. The molecule has 1 aliphatic carbocycles. The Morgan fingerprint density at radius 1 is 1.19 bits per heavy atom. The first kappa shape index (κ1) is 24.1. The minimum absolute atomic E-state index is 0.0537. The first-order valence-electron chi connectivity index (χ1n) is 12.6. The number of likely N-dealkylation sites (tertiary alicyclic amines) is 1. The normalized spacial score (nSPS) is 20.9. The van der Waals surface area contributed by atoms with Crippen LogP contribution in [0.3, 0.4) is 0 Å². The molecule has 1 N–H and O–H groups in total. The number of benzene rings is 1. The Bertz CT molecular complexity index is 1490. The summed E-state index contributed by atoms with van der Waals surface area (Å²) in [6, 6.07) is 8.11. The van der Waals surface area contributed by atoms with Crippen molar-refractivity contribution in [2.45, 2.75) is 46.1 Å². The Hall–Kier alpha value is -3.24. The second kappa shape index (κ2) is 9.57. The van der Waals surface area contributed by atoms with Crippen molar-refractivity contribution in [2.24, 2.45) is 11.8 Å². The number of imidazole rings is 1. The third-order valence-corrected chi connectivity index (χ3v) is 9.32. The first-order chi connectivity index (χ1) is 17.9. The van der Waals surface area contributed by atoms with E-state index in [1.807, 2.05) is 42.5 Å². The molecule has 1 aliphatic heterocycles. The van der Waals surface area contributed by atoms with E-state index < -0.39 is 6.09 Å². The zero-order chi connectivity index (χ0) is 25.7. The second-order valence-electron chi connectivity index (χ2n) is 9.99. The molecule has 3 aromatic heterocycles. The number of nitrogens with zero attached hydrogens (tertiary/aromatic N) is 4. The number of aryl methyl sites for hydroxylation is 3. The van der Waals surface area contributed by atoms with Crippen molar-refractivity contribution in [3.63, 3.8) is 0 Å². The predicted molar refractivity (Wildman–Crippen MR) is 145 cm³/mol. The topological polar surface area (TPSA) is 88.8 Å². The highest BCUT2D eigenvalue weighted by molar-refractivity contribution is 7.15. The molecular formula is C27H29N5O3S2. The third kappa shape index (κ3) is 4.42.